The Morgan fingerprint density at radius 2 is 2.18 bits per heavy atom. The van der Waals surface area contributed by atoms with Gasteiger partial charge in [-0.2, -0.15) is 5.26 Å². The van der Waals surface area contributed by atoms with E-state index >= 15 is 0 Å². The number of rotatable bonds is 3. The Morgan fingerprint density at radius 3 is 2.94 bits per heavy atom. The van der Waals surface area contributed by atoms with Gasteiger partial charge in [0, 0.05) is 13.1 Å². The quantitative estimate of drug-likeness (QED) is 0.764. The molecule has 1 aliphatic heterocycles. The second-order valence-corrected chi connectivity index (χ2v) is 4.97. The predicted octanol–water partition coefficient (Wildman–Crippen LogP) is 1.83. The first-order valence-electron chi connectivity index (χ1n) is 5.60. The second-order valence-electron chi connectivity index (χ2n) is 3.98. The number of fused-ring (bicyclic) bond motifs is 1. The zero-order valence-corrected chi connectivity index (χ0v) is 10.4. The zero-order valence-electron chi connectivity index (χ0n) is 9.56. The fraction of sp³-hybridized carbons (Fsp3) is 0.385. The van der Waals surface area contributed by atoms with Crippen molar-refractivity contribution in [3.05, 3.63) is 35.4 Å². The molecule has 0 bridgehead atoms. The van der Waals surface area contributed by atoms with E-state index in [0.717, 1.165) is 13.0 Å². The Bertz CT molecular complexity index is 453. The van der Waals surface area contributed by atoms with Gasteiger partial charge in [-0.15, -0.1) is 11.8 Å². The van der Waals surface area contributed by atoms with Crippen LogP contribution in [0.25, 0.3) is 0 Å². The molecular weight excluding hydrogens is 232 g/mol. The van der Waals surface area contributed by atoms with Crippen molar-refractivity contribution in [1.29, 1.82) is 5.26 Å². The second kappa shape index (κ2) is 5.74. The number of thioether (sulfide) groups is 1. The zero-order chi connectivity index (χ0) is 12.1. The van der Waals surface area contributed by atoms with Crippen LogP contribution in [0.2, 0.25) is 0 Å². The summed E-state index contributed by atoms with van der Waals surface area (Å²) in [7, 11) is 0. The molecule has 1 amide bonds. The van der Waals surface area contributed by atoms with Crippen LogP contribution in [0.5, 0.6) is 0 Å². The first-order chi connectivity index (χ1) is 8.31. The summed E-state index contributed by atoms with van der Waals surface area (Å²) in [6, 6.07) is 10.3. The molecule has 0 spiro atoms. The summed E-state index contributed by atoms with van der Waals surface area (Å²) in [4.78, 5) is 13.8. The topological polar surface area (TPSA) is 44.1 Å². The smallest absolute Gasteiger partial charge is 0.232 e. The Balaban J connectivity index is 1.93. The Labute approximate surface area is 105 Å². The standard InChI is InChI=1S/C13H14N2OS/c14-6-8-17-10-13(16)15-7-5-11-3-1-2-4-12(11)9-15/h1-4H,5,7-10H2. The molecule has 0 unspecified atom stereocenters. The van der Waals surface area contributed by atoms with Crippen molar-refractivity contribution in [1.82, 2.24) is 4.90 Å². The normalized spacial score (nSPS) is 13.9. The fourth-order valence-corrected chi connectivity index (χ4v) is 2.53. The van der Waals surface area contributed by atoms with Crippen molar-refractivity contribution in [2.75, 3.05) is 18.1 Å². The summed E-state index contributed by atoms with van der Waals surface area (Å²) >= 11 is 1.38. The molecule has 0 fully saturated rings. The van der Waals surface area contributed by atoms with Crippen LogP contribution in [0, 0.1) is 11.3 Å². The number of amides is 1. The number of hydrogen-bond acceptors (Lipinski definition) is 3. The number of carbonyl (C=O) groups is 1. The van der Waals surface area contributed by atoms with Gasteiger partial charge in [-0.25, -0.2) is 0 Å². The van der Waals surface area contributed by atoms with Gasteiger partial charge >= 0.3 is 0 Å². The lowest BCUT2D eigenvalue weighted by molar-refractivity contribution is -0.129. The highest BCUT2D eigenvalue weighted by molar-refractivity contribution is 8.00. The lowest BCUT2D eigenvalue weighted by Gasteiger charge is -2.28. The highest BCUT2D eigenvalue weighted by Gasteiger charge is 2.19. The largest absolute Gasteiger partial charge is 0.337 e. The van der Waals surface area contributed by atoms with Crippen LogP contribution in [0.4, 0.5) is 0 Å². The van der Waals surface area contributed by atoms with Gasteiger partial charge in [0.05, 0.1) is 17.6 Å². The van der Waals surface area contributed by atoms with E-state index in [-0.39, 0.29) is 5.91 Å². The number of hydrogen-bond donors (Lipinski definition) is 0. The number of benzene rings is 1. The lowest BCUT2D eigenvalue weighted by atomic mass is 10.00. The molecule has 0 aromatic heterocycles. The molecule has 3 nitrogen and oxygen atoms in total. The Hall–Kier alpha value is -1.47. The summed E-state index contributed by atoms with van der Waals surface area (Å²) in [5, 5.41) is 8.42. The number of carbonyl (C=O) groups excluding carboxylic acids is 1. The summed E-state index contributed by atoms with van der Waals surface area (Å²) in [5.41, 5.74) is 2.60. The van der Waals surface area contributed by atoms with Crippen molar-refractivity contribution in [2.45, 2.75) is 13.0 Å². The van der Waals surface area contributed by atoms with Crippen molar-refractivity contribution in [3.8, 4) is 6.07 Å². The van der Waals surface area contributed by atoms with Gasteiger partial charge in [-0.05, 0) is 17.5 Å². The minimum atomic E-state index is 0.139. The summed E-state index contributed by atoms with van der Waals surface area (Å²) in [5.74, 6) is 0.936. The van der Waals surface area contributed by atoms with E-state index in [1.807, 2.05) is 23.1 Å². The molecule has 1 heterocycles. The molecular formula is C13H14N2OS. The average Bonchev–Trinajstić information content (AvgIpc) is 2.38. The molecule has 2 rings (SSSR count). The molecule has 17 heavy (non-hydrogen) atoms. The SMILES string of the molecule is N#CCSCC(=O)N1CCc2ccccc2C1. The average molecular weight is 246 g/mol. The van der Waals surface area contributed by atoms with E-state index in [1.54, 1.807) is 0 Å². The van der Waals surface area contributed by atoms with Gasteiger partial charge < -0.3 is 4.90 Å². The predicted molar refractivity (Wildman–Crippen MR) is 68.5 cm³/mol. The Morgan fingerprint density at radius 1 is 1.41 bits per heavy atom. The van der Waals surface area contributed by atoms with E-state index in [0.29, 0.717) is 18.1 Å². The van der Waals surface area contributed by atoms with Crippen LogP contribution in [-0.2, 0) is 17.8 Å². The summed E-state index contributed by atoms with van der Waals surface area (Å²) < 4.78 is 0. The maximum atomic E-state index is 11.9. The molecule has 1 aromatic carbocycles. The minimum absolute atomic E-state index is 0.139. The Kier molecular flexibility index (Phi) is 4.05. The molecule has 0 radical (unpaired) electrons. The molecule has 1 aliphatic rings. The molecule has 0 saturated heterocycles. The maximum Gasteiger partial charge on any atom is 0.232 e. The van der Waals surface area contributed by atoms with Gasteiger partial charge in [-0.3, -0.25) is 4.79 Å². The minimum Gasteiger partial charge on any atom is -0.337 e. The third-order valence-corrected chi connectivity index (χ3v) is 3.66. The maximum absolute atomic E-state index is 11.9. The molecule has 0 N–H and O–H groups in total. The van der Waals surface area contributed by atoms with Gasteiger partial charge in [0.1, 0.15) is 0 Å². The molecule has 4 heteroatoms. The fourth-order valence-electron chi connectivity index (χ4n) is 1.98. The van der Waals surface area contributed by atoms with Gasteiger partial charge in [-0.1, -0.05) is 24.3 Å². The van der Waals surface area contributed by atoms with Crippen LogP contribution >= 0.6 is 11.8 Å². The molecule has 0 aliphatic carbocycles. The van der Waals surface area contributed by atoms with E-state index in [1.165, 1.54) is 22.9 Å². The number of nitrogens with zero attached hydrogens (tertiary/aromatic N) is 2. The van der Waals surface area contributed by atoms with Gasteiger partial charge in [0.2, 0.25) is 5.91 Å². The first-order valence-corrected chi connectivity index (χ1v) is 6.76. The summed E-state index contributed by atoms with van der Waals surface area (Å²) in [6.07, 6.45) is 0.935. The molecule has 0 atom stereocenters. The van der Waals surface area contributed by atoms with E-state index in [4.69, 9.17) is 5.26 Å². The first kappa shape index (κ1) is 12.0. The molecule has 0 saturated carbocycles. The van der Waals surface area contributed by atoms with E-state index in [2.05, 4.69) is 12.1 Å². The monoisotopic (exact) mass is 246 g/mol. The highest BCUT2D eigenvalue weighted by atomic mass is 32.2. The molecule has 88 valence electrons. The van der Waals surface area contributed by atoms with Crippen molar-refractivity contribution in [3.63, 3.8) is 0 Å². The number of nitriles is 1. The van der Waals surface area contributed by atoms with E-state index < -0.39 is 0 Å². The van der Waals surface area contributed by atoms with Crippen LogP contribution in [0.1, 0.15) is 11.1 Å². The lowest BCUT2D eigenvalue weighted by Crippen LogP contribution is -2.37. The van der Waals surface area contributed by atoms with Crippen molar-refractivity contribution >= 4 is 17.7 Å². The van der Waals surface area contributed by atoms with Crippen LogP contribution < -0.4 is 0 Å². The molecule has 1 aromatic rings. The highest BCUT2D eigenvalue weighted by Crippen LogP contribution is 2.19. The van der Waals surface area contributed by atoms with Crippen LogP contribution in [-0.4, -0.2) is 28.9 Å². The van der Waals surface area contributed by atoms with Crippen molar-refractivity contribution in [2.24, 2.45) is 0 Å². The third-order valence-electron chi connectivity index (χ3n) is 2.88. The van der Waals surface area contributed by atoms with Crippen LogP contribution in [0.3, 0.4) is 0 Å². The third kappa shape index (κ3) is 3.01. The van der Waals surface area contributed by atoms with Gasteiger partial charge in [0.15, 0.2) is 0 Å². The summed E-state index contributed by atoms with van der Waals surface area (Å²) in [6.45, 7) is 1.51. The van der Waals surface area contributed by atoms with E-state index in [9.17, 15) is 4.79 Å². The van der Waals surface area contributed by atoms with Crippen molar-refractivity contribution < 1.29 is 4.79 Å². The van der Waals surface area contributed by atoms with Gasteiger partial charge in [0.25, 0.3) is 0 Å². The van der Waals surface area contributed by atoms with Crippen LogP contribution in [0.15, 0.2) is 24.3 Å².